The zero-order valence-corrected chi connectivity index (χ0v) is 11.8. The molecule has 0 unspecified atom stereocenters. The third-order valence-electron chi connectivity index (χ3n) is 2.87. The van der Waals surface area contributed by atoms with E-state index in [-0.39, 0.29) is 10.7 Å². The average Bonchev–Trinajstić information content (AvgIpc) is 2.68. The Morgan fingerprint density at radius 2 is 1.95 bits per heavy atom. The van der Waals surface area contributed by atoms with E-state index < -0.39 is 10.0 Å². The predicted octanol–water partition coefficient (Wildman–Crippen LogP) is 1.42. The smallest absolute Gasteiger partial charge is 0.263 e. The van der Waals surface area contributed by atoms with Crippen molar-refractivity contribution in [1.29, 1.82) is 0 Å². The molecule has 7 heteroatoms. The number of hydrogen-bond acceptors (Lipinski definition) is 4. The maximum Gasteiger partial charge on any atom is 0.263 e. The lowest BCUT2D eigenvalue weighted by Gasteiger charge is -2.13. The molecule has 2 aromatic rings. The number of aryl methyl sites for hydroxylation is 2. The first kappa shape index (κ1) is 13.4. The quantitative estimate of drug-likeness (QED) is 0.832. The van der Waals surface area contributed by atoms with Crippen molar-refractivity contribution in [2.75, 3.05) is 10.5 Å². The molecule has 6 nitrogen and oxygen atoms in total. The summed E-state index contributed by atoms with van der Waals surface area (Å²) in [6, 6.07) is 4.98. The molecule has 1 aromatic heterocycles. The number of nitrogen functional groups attached to an aromatic ring is 1. The Morgan fingerprint density at radius 3 is 2.53 bits per heavy atom. The summed E-state index contributed by atoms with van der Waals surface area (Å²) >= 11 is 0. The van der Waals surface area contributed by atoms with Crippen molar-refractivity contribution in [1.82, 2.24) is 9.78 Å². The molecule has 0 aliphatic carbocycles. The summed E-state index contributed by atoms with van der Waals surface area (Å²) in [5.74, 6) is 0.281. The van der Waals surface area contributed by atoms with Gasteiger partial charge >= 0.3 is 0 Å². The normalized spacial score (nSPS) is 11.5. The van der Waals surface area contributed by atoms with E-state index in [4.69, 9.17) is 5.73 Å². The molecule has 0 amide bonds. The molecule has 0 radical (unpaired) electrons. The summed E-state index contributed by atoms with van der Waals surface area (Å²) in [5.41, 5.74) is 7.42. The minimum absolute atomic E-state index is 0.207. The predicted molar refractivity (Wildman–Crippen MR) is 74.3 cm³/mol. The van der Waals surface area contributed by atoms with Gasteiger partial charge in [-0.15, -0.1) is 0 Å². The molecule has 19 heavy (non-hydrogen) atoms. The Labute approximate surface area is 112 Å². The zero-order valence-electron chi connectivity index (χ0n) is 11.0. The van der Waals surface area contributed by atoms with Gasteiger partial charge in [-0.3, -0.25) is 9.40 Å². The number of benzene rings is 1. The van der Waals surface area contributed by atoms with Crippen molar-refractivity contribution >= 4 is 21.5 Å². The summed E-state index contributed by atoms with van der Waals surface area (Å²) < 4.78 is 28.8. The molecule has 0 fully saturated rings. The van der Waals surface area contributed by atoms with Crippen LogP contribution < -0.4 is 10.5 Å². The monoisotopic (exact) mass is 280 g/mol. The second-order valence-electron chi connectivity index (χ2n) is 4.41. The third-order valence-corrected chi connectivity index (χ3v) is 4.51. The lowest BCUT2D eigenvalue weighted by molar-refractivity contribution is 0.599. The lowest BCUT2D eigenvalue weighted by Crippen LogP contribution is -2.17. The first-order chi connectivity index (χ1) is 8.81. The van der Waals surface area contributed by atoms with Crippen molar-refractivity contribution in [3.8, 4) is 0 Å². The Hall–Kier alpha value is -2.02. The Balaban J connectivity index is 2.48. The molecule has 1 aromatic carbocycles. The SMILES string of the molecule is Cc1ccc(N)c(C)c1S(=O)(=O)Nc1ccn(C)n1. The largest absolute Gasteiger partial charge is 0.398 e. The number of nitrogens with zero attached hydrogens (tertiary/aromatic N) is 2. The van der Waals surface area contributed by atoms with Crippen LogP contribution in [0.15, 0.2) is 29.3 Å². The van der Waals surface area contributed by atoms with E-state index in [0.29, 0.717) is 16.8 Å². The van der Waals surface area contributed by atoms with Gasteiger partial charge in [0.05, 0.1) is 4.90 Å². The highest BCUT2D eigenvalue weighted by atomic mass is 32.2. The molecule has 0 aliphatic rings. The van der Waals surface area contributed by atoms with Crippen LogP contribution in [0.3, 0.4) is 0 Å². The summed E-state index contributed by atoms with van der Waals surface area (Å²) in [5, 5.41) is 4.00. The number of anilines is 2. The molecular weight excluding hydrogens is 264 g/mol. The minimum atomic E-state index is -3.69. The first-order valence-electron chi connectivity index (χ1n) is 5.69. The summed E-state index contributed by atoms with van der Waals surface area (Å²) in [4.78, 5) is 0.207. The molecular formula is C12H16N4O2S. The van der Waals surface area contributed by atoms with Gasteiger partial charge in [0, 0.05) is 25.0 Å². The van der Waals surface area contributed by atoms with E-state index in [1.54, 1.807) is 45.3 Å². The van der Waals surface area contributed by atoms with E-state index in [9.17, 15) is 8.42 Å². The summed E-state index contributed by atoms with van der Waals surface area (Å²) in [7, 11) is -1.97. The standard InChI is InChI=1S/C12H16N4O2S/c1-8-4-5-10(13)9(2)12(8)19(17,18)15-11-6-7-16(3)14-11/h4-7H,13H2,1-3H3,(H,14,15). The van der Waals surface area contributed by atoms with Crippen LogP contribution in [0.1, 0.15) is 11.1 Å². The Morgan fingerprint density at radius 1 is 1.26 bits per heavy atom. The van der Waals surface area contributed by atoms with Crippen LogP contribution in [-0.4, -0.2) is 18.2 Å². The summed E-state index contributed by atoms with van der Waals surface area (Å²) in [6.07, 6.45) is 1.66. The van der Waals surface area contributed by atoms with Crippen molar-refractivity contribution in [2.24, 2.45) is 7.05 Å². The van der Waals surface area contributed by atoms with Gasteiger partial charge < -0.3 is 5.73 Å². The number of sulfonamides is 1. The highest BCUT2D eigenvalue weighted by Crippen LogP contribution is 2.26. The topological polar surface area (TPSA) is 90.0 Å². The van der Waals surface area contributed by atoms with Crippen molar-refractivity contribution in [2.45, 2.75) is 18.7 Å². The highest BCUT2D eigenvalue weighted by molar-refractivity contribution is 7.92. The van der Waals surface area contributed by atoms with Gasteiger partial charge in [-0.25, -0.2) is 8.42 Å². The molecule has 3 N–H and O–H groups in total. The molecule has 0 spiro atoms. The van der Waals surface area contributed by atoms with Gasteiger partial charge in [-0.2, -0.15) is 5.10 Å². The number of nitrogens with two attached hydrogens (primary N) is 1. The molecule has 0 bridgehead atoms. The third kappa shape index (κ3) is 2.55. The van der Waals surface area contributed by atoms with Crippen LogP contribution in [0.2, 0.25) is 0 Å². The molecule has 102 valence electrons. The van der Waals surface area contributed by atoms with Crippen molar-refractivity contribution < 1.29 is 8.42 Å². The first-order valence-corrected chi connectivity index (χ1v) is 7.18. The fraction of sp³-hybridized carbons (Fsp3) is 0.250. The molecule has 0 atom stereocenters. The van der Waals surface area contributed by atoms with Gasteiger partial charge in [-0.1, -0.05) is 6.07 Å². The van der Waals surface area contributed by atoms with Crippen molar-refractivity contribution in [3.63, 3.8) is 0 Å². The molecule has 2 rings (SSSR count). The number of aromatic nitrogens is 2. The van der Waals surface area contributed by atoms with Crippen molar-refractivity contribution in [3.05, 3.63) is 35.5 Å². The zero-order chi connectivity index (χ0) is 14.2. The van der Waals surface area contributed by atoms with E-state index in [1.807, 2.05) is 0 Å². The van der Waals surface area contributed by atoms with Gasteiger partial charge in [0.2, 0.25) is 0 Å². The fourth-order valence-electron chi connectivity index (χ4n) is 1.91. The van der Waals surface area contributed by atoms with Gasteiger partial charge in [0.1, 0.15) is 0 Å². The van der Waals surface area contributed by atoms with Crippen LogP contribution in [0, 0.1) is 13.8 Å². The second-order valence-corrected chi connectivity index (χ2v) is 6.03. The van der Waals surface area contributed by atoms with E-state index >= 15 is 0 Å². The van der Waals surface area contributed by atoms with E-state index in [1.165, 1.54) is 4.68 Å². The molecule has 0 saturated carbocycles. The molecule has 0 saturated heterocycles. The van der Waals surface area contributed by atoms with Crippen LogP contribution in [0.4, 0.5) is 11.5 Å². The average molecular weight is 280 g/mol. The number of rotatable bonds is 3. The van der Waals surface area contributed by atoms with Crippen LogP contribution in [-0.2, 0) is 17.1 Å². The fourth-order valence-corrected chi connectivity index (χ4v) is 3.41. The Bertz CT molecular complexity index is 719. The second kappa shape index (κ2) is 4.58. The minimum Gasteiger partial charge on any atom is -0.398 e. The van der Waals surface area contributed by atoms with Crippen LogP contribution >= 0.6 is 0 Å². The van der Waals surface area contributed by atoms with Gasteiger partial charge in [0.25, 0.3) is 10.0 Å². The van der Waals surface area contributed by atoms with E-state index in [2.05, 4.69) is 9.82 Å². The van der Waals surface area contributed by atoms with Gasteiger partial charge in [-0.05, 0) is 31.0 Å². The number of nitrogens with one attached hydrogen (secondary N) is 1. The highest BCUT2D eigenvalue weighted by Gasteiger charge is 2.21. The maximum atomic E-state index is 12.4. The van der Waals surface area contributed by atoms with E-state index in [0.717, 1.165) is 0 Å². The van der Waals surface area contributed by atoms with Crippen LogP contribution in [0.25, 0.3) is 0 Å². The maximum absolute atomic E-state index is 12.4. The number of hydrogen-bond donors (Lipinski definition) is 2. The lowest BCUT2D eigenvalue weighted by atomic mass is 10.1. The molecule has 0 aliphatic heterocycles. The summed E-state index contributed by atoms with van der Waals surface area (Å²) in [6.45, 7) is 3.43. The molecule has 1 heterocycles. The van der Waals surface area contributed by atoms with Gasteiger partial charge in [0.15, 0.2) is 5.82 Å². The van der Waals surface area contributed by atoms with Crippen LogP contribution in [0.5, 0.6) is 0 Å². The Kier molecular flexibility index (Phi) is 3.23.